The van der Waals surface area contributed by atoms with Crippen molar-refractivity contribution in [1.82, 2.24) is 19.9 Å². The minimum atomic E-state index is -0.176. The van der Waals surface area contributed by atoms with Crippen LogP contribution in [0.4, 0.5) is 5.13 Å². The molecular weight excluding hydrogens is 422 g/mol. The second-order valence-electron chi connectivity index (χ2n) is 8.08. The van der Waals surface area contributed by atoms with Gasteiger partial charge < -0.3 is 9.88 Å². The van der Waals surface area contributed by atoms with Crippen LogP contribution in [0.15, 0.2) is 54.3 Å². The van der Waals surface area contributed by atoms with Gasteiger partial charge in [0, 0.05) is 43.5 Å². The van der Waals surface area contributed by atoms with Crippen LogP contribution in [0.25, 0.3) is 6.08 Å². The zero-order chi connectivity index (χ0) is 22.3. The average molecular weight is 450 g/mol. The van der Waals surface area contributed by atoms with E-state index >= 15 is 0 Å². The number of hydrogen-bond acceptors (Lipinski definition) is 5. The van der Waals surface area contributed by atoms with Crippen molar-refractivity contribution in [3.05, 3.63) is 71.3 Å². The van der Waals surface area contributed by atoms with Crippen LogP contribution < -0.4 is 10.6 Å². The number of pyridine rings is 1. The molecule has 0 atom stereocenters. The van der Waals surface area contributed by atoms with Crippen molar-refractivity contribution in [3.63, 3.8) is 0 Å². The Morgan fingerprint density at radius 2 is 1.97 bits per heavy atom. The number of anilines is 1. The molecule has 0 unspecified atom stereocenters. The molecule has 166 valence electrons. The first kappa shape index (κ1) is 22.0. The molecule has 0 aromatic carbocycles. The Morgan fingerprint density at radius 3 is 2.72 bits per heavy atom. The Kier molecular flexibility index (Phi) is 7.11. The molecule has 0 spiro atoms. The van der Waals surface area contributed by atoms with Crippen LogP contribution in [0.3, 0.4) is 0 Å². The monoisotopic (exact) mass is 449 g/mol. The molecule has 2 amide bonds. The summed E-state index contributed by atoms with van der Waals surface area (Å²) in [6, 6.07) is 7.85. The normalized spacial score (nSPS) is 18.5. The van der Waals surface area contributed by atoms with Crippen LogP contribution in [-0.4, -0.2) is 32.4 Å². The molecule has 4 rings (SSSR count). The van der Waals surface area contributed by atoms with Crippen LogP contribution in [0.2, 0.25) is 0 Å². The first-order valence-electron chi connectivity index (χ1n) is 10.8. The van der Waals surface area contributed by atoms with Crippen LogP contribution in [0.5, 0.6) is 0 Å². The highest BCUT2D eigenvalue weighted by Gasteiger charge is 2.20. The maximum atomic E-state index is 12.8. The van der Waals surface area contributed by atoms with Gasteiger partial charge in [0.15, 0.2) is 5.13 Å². The Hall–Kier alpha value is -3.26. The van der Waals surface area contributed by atoms with Gasteiger partial charge in [-0.15, -0.1) is 11.3 Å². The fraction of sp³-hybridized carbons (Fsp3) is 0.333. The molecule has 3 heterocycles. The first-order chi connectivity index (χ1) is 15.6. The zero-order valence-electron chi connectivity index (χ0n) is 18.0. The Bertz CT molecular complexity index is 1080. The lowest BCUT2D eigenvalue weighted by Gasteiger charge is -2.27. The highest BCUT2D eigenvalue weighted by atomic mass is 32.1. The average Bonchev–Trinajstić information content (AvgIpc) is 3.43. The predicted molar refractivity (Wildman–Crippen MR) is 126 cm³/mol. The Labute approximate surface area is 191 Å². The lowest BCUT2D eigenvalue weighted by molar-refractivity contribution is -0.119. The van der Waals surface area contributed by atoms with E-state index in [0.717, 1.165) is 36.9 Å². The van der Waals surface area contributed by atoms with E-state index in [4.69, 9.17) is 0 Å². The van der Waals surface area contributed by atoms with Crippen molar-refractivity contribution in [3.8, 4) is 0 Å². The van der Waals surface area contributed by atoms with Gasteiger partial charge in [0.2, 0.25) is 5.91 Å². The molecular formula is C24H27N5O2S. The van der Waals surface area contributed by atoms with Gasteiger partial charge in [0.25, 0.3) is 5.91 Å². The lowest BCUT2D eigenvalue weighted by atomic mass is 9.85. The van der Waals surface area contributed by atoms with Crippen LogP contribution in [0, 0.1) is 5.92 Å². The molecule has 1 saturated carbocycles. The van der Waals surface area contributed by atoms with Gasteiger partial charge in [-0.3, -0.25) is 19.9 Å². The molecule has 1 fully saturated rings. The summed E-state index contributed by atoms with van der Waals surface area (Å²) in [7, 11) is 0. The number of rotatable bonds is 7. The number of carbonyl (C=O) groups is 2. The smallest absolute Gasteiger partial charge is 0.274 e. The molecule has 1 aliphatic carbocycles. The Morgan fingerprint density at radius 1 is 1.19 bits per heavy atom. The van der Waals surface area contributed by atoms with Gasteiger partial charge in [-0.05, 0) is 67.5 Å². The van der Waals surface area contributed by atoms with Crippen molar-refractivity contribution in [2.24, 2.45) is 5.92 Å². The van der Waals surface area contributed by atoms with Gasteiger partial charge in [-0.25, -0.2) is 4.98 Å². The summed E-state index contributed by atoms with van der Waals surface area (Å²) in [5, 5.41) is 8.46. The van der Waals surface area contributed by atoms with E-state index in [0.29, 0.717) is 29.3 Å². The Balaban J connectivity index is 1.31. The standard InChI is InChI=1S/C24H27N5O2S/c1-17(30)26-20-7-4-18(5-8-20)6-9-21-16-32-24(27-21)28-23(31)22-3-2-14-29(22)15-19-10-12-25-13-11-19/h2-3,6,9-14,16,18,20H,4-5,7-8,15H2,1H3,(H,26,30)(H,27,28,31)/b9-6+. The van der Waals surface area contributed by atoms with Crippen molar-refractivity contribution in [2.75, 3.05) is 5.32 Å². The third kappa shape index (κ3) is 5.91. The van der Waals surface area contributed by atoms with Crippen molar-refractivity contribution >= 4 is 34.4 Å². The molecule has 0 saturated heterocycles. The topological polar surface area (TPSA) is 88.9 Å². The number of amides is 2. The third-order valence-corrected chi connectivity index (χ3v) is 6.40. The summed E-state index contributed by atoms with van der Waals surface area (Å²) >= 11 is 1.42. The fourth-order valence-electron chi connectivity index (χ4n) is 4.00. The molecule has 7 nitrogen and oxygen atoms in total. The summed E-state index contributed by atoms with van der Waals surface area (Å²) in [6.07, 6.45) is 13.7. The van der Waals surface area contributed by atoms with E-state index in [1.807, 2.05) is 46.5 Å². The van der Waals surface area contributed by atoms with E-state index in [9.17, 15) is 9.59 Å². The zero-order valence-corrected chi connectivity index (χ0v) is 18.8. The van der Waals surface area contributed by atoms with E-state index in [1.54, 1.807) is 19.3 Å². The van der Waals surface area contributed by atoms with Crippen molar-refractivity contribution < 1.29 is 9.59 Å². The van der Waals surface area contributed by atoms with Crippen LogP contribution >= 0.6 is 11.3 Å². The number of nitrogens with zero attached hydrogens (tertiary/aromatic N) is 3. The van der Waals surface area contributed by atoms with Crippen molar-refractivity contribution in [1.29, 1.82) is 0 Å². The van der Waals surface area contributed by atoms with Crippen LogP contribution in [-0.2, 0) is 11.3 Å². The van der Waals surface area contributed by atoms with Crippen molar-refractivity contribution in [2.45, 2.75) is 45.2 Å². The summed E-state index contributed by atoms with van der Waals surface area (Å²) in [5.41, 5.74) is 2.52. The SMILES string of the molecule is CC(=O)NC1CCC(/C=C/c2csc(NC(=O)c3cccn3Cc3ccncc3)n2)CC1. The van der Waals surface area contributed by atoms with Gasteiger partial charge in [0.1, 0.15) is 5.69 Å². The van der Waals surface area contributed by atoms with Gasteiger partial charge in [-0.1, -0.05) is 6.08 Å². The van der Waals surface area contributed by atoms with Crippen LogP contribution in [0.1, 0.15) is 54.4 Å². The summed E-state index contributed by atoms with van der Waals surface area (Å²) < 4.78 is 1.91. The second-order valence-corrected chi connectivity index (χ2v) is 8.94. The highest BCUT2D eigenvalue weighted by Crippen LogP contribution is 2.26. The molecule has 8 heteroatoms. The predicted octanol–water partition coefficient (Wildman–Crippen LogP) is 4.35. The minimum absolute atomic E-state index is 0.0469. The molecule has 32 heavy (non-hydrogen) atoms. The summed E-state index contributed by atoms with van der Waals surface area (Å²) in [6.45, 7) is 2.18. The molecule has 3 aromatic heterocycles. The largest absolute Gasteiger partial charge is 0.354 e. The van der Waals surface area contributed by atoms with E-state index in [1.165, 1.54) is 11.3 Å². The fourth-order valence-corrected chi connectivity index (χ4v) is 4.68. The van der Waals surface area contributed by atoms with Gasteiger partial charge >= 0.3 is 0 Å². The quantitative estimate of drug-likeness (QED) is 0.561. The molecule has 3 aromatic rings. The summed E-state index contributed by atoms with van der Waals surface area (Å²) in [5.74, 6) is 0.368. The minimum Gasteiger partial charge on any atom is -0.354 e. The van der Waals surface area contributed by atoms with Gasteiger partial charge in [-0.2, -0.15) is 0 Å². The number of hydrogen-bond donors (Lipinski definition) is 2. The number of carbonyl (C=O) groups excluding carboxylic acids is 2. The maximum Gasteiger partial charge on any atom is 0.274 e. The van der Waals surface area contributed by atoms with Gasteiger partial charge in [0.05, 0.1) is 5.69 Å². The lowest BCUT2D eigenvalue weighted by Crippen LogP contribution is -2.35. The highest BCUT2D eigenvalue weighted by molar-refractivity contribution is 7.14. The second kappa shape index (κ2) is 10.4. The number of allylic oxidation sites excluding steroid dienone is 1. The third-order valence-electron chi connectivity index (χ3n) is 5.63. The molecule has 1 aliphatic rings. The molecule has 0 radical (unpaired) electrons. The molecule has 0 aliphatic heterocycles. The maximum absolute atomic E-state index is 12.8. The number of aromatic nitrogens is 3. The first-order valence-corrected chi connectivity index (χ1v) is 11.7. The number of nitrogens with one attached hydrogen (secondary N) is 2. The van der Waals surface area contributed by atoms with E-state index in [-0.39, 0.29) is 11.8 Å². The van der Waals surface area contributed by atoms with E-state index < -0.39 is 0 Å². The number of thiazole rings is 1. The van der Waals surface area contributed by atoms with E-state index in [2.05, 4.69) is 26.7 Å². The summed E-state index contributed by atoms with van der Waals surface area (Å²) in [4.78, 5) is 32.5. The molecule has 2 N–H and O–H groups in total. The molecule has 0 bridgehead atoms.